The second-order valence-electron chi connectivity index (χ2n) is 7.34. The van der Waals surface area contributed by atoms with Gasteiger partial charge in [-0.1, -0.05) is 5.16 Å². The molecule has 24 heavy (non-hydrogen) atoms. The van der Waals surface area contributed by atoms with Crippen molar-refractivity contribution in [2.45, 2.75) is 53.1 Å². The monoisotopic (exact) mass is 337 g/mol. The molecule has 0 radical (unpaired) electrons. The van der Waals surface area contributed by atoms with Gasteiger partial charge in [0.2, 0.25) is 0 Å². The van der Waals surface area contributed by atoms with E-state index in [0.717, 1.165) is 12.8 Å². The van der Waals surface area contributed by atoms with Crippen LogP contribution in [0.5, 0.6) is 0 Å². The molecule has 7 heteroatoms. The summed E-state index contributed by atoms with van der Waals surface area (Å²) in [5, 5.41) is 6.64. The Bertz CT molecular complexity index is 584. The maximum absolute atomic E-state index is 12.7. The van der Waals surface area contributed by atoms with E-state index in [2.05, 4.69) is 10.5 Å². The molecule has 1 aliphatic heterocycles. The minimum atomic E-state index is -0.512. The molecule has 134 valence electrons. The van der Waals surface area contributed by atoms with Gasteiger partial charge in [-0.2, -0.15) is 0 Å². The van der Waals surface area contributed by atoms with Gasteiger partial charge in [-0.25, -0.2) is 4.79 Å². The van der Waals surface area contributed by atoms with Crippen LogP contribution in [-0.4, -0.2) is 47.3 Å². The number of amides is 2. The molecule has 1 aromatic rings. The van der Waals surface area contributed by atoms with E-state index in [4.69, 9.17) is 9.26 Å². The highest BCUT2D eigenvalue weighted by Crippen LogP contribution is 2.21. The first kappa shape index (κ1) is 18.3. The number of piperidine rings is 1. The third kappa shape index (κ3) is 4.72. The molecule has 1 N–H and O–H groups in total. The number of nitrogens with one attached hydrogen (secondary N) is 1. The predicted octanol–water partition coefficient (Wildman–Crippen LogP) is 2.67. The highest BCUT2D eigenvalue weighted by molar-refractivity contribution is 5.96. The van der Waals surface area contributed by atoms with Gasteiger partial charge in [0.1, 0.15) is 16.9 Å². The number of nitrogens with zero attached hydrogens (tertiary/aromatic N) is 2. The first-order valence-electron chi connectivity index (χ1n) is 8.36. The van der Waals surface area contributed by atoms with Crippen LogP contribution in [0.3, 0.4) is 0 Å². The van der Waals surface area contributed by atoms with E-state index in [0.29, 0.717) is 36.7 Å². The second-order valence-corrected chi connectivity index (χ2v) is 7.34. The molecule has 1 aromatic heterocycles. The van der Waals surface area contributed by atoms with Gasteiger partial charge in [0.15, 0.2) is 0 Å². The molecule has 0 aliphatic carbocycles. The van der Waals surface area contributed by atoms with Gasteiger partial charge in [0.25, 0.3) is 5.91 Å². The fraction of sp³-hybridized carbons (Fsp3) is 0.706. The third-order valence-electron chi connectivity index (χ3n) is 3.99. The number of carbonyl (C=O) groups excluding carboxylic acids is 2. The summed E-state index contributed by atoms with van der Waals surface area (Å²) in [6, 6.07) is 0. The van der Waals surface area contributed by atoms with Gasteiger partial charge >= 0.3 is 6.09 Å². The van der Waals surface area contributed by atoms with E-state index in [1.165, 1.54) is 0 Å². The predicted molar refractivity (Wildman–Crippen MR) is 88.8 cm³/mol. The van der Waals surface area contributed by atoms with Crippen LogP contribution in [0.15, 0.2) is 4.52 Å². The number of carbonyl (C=O) groups is 2. The summed E-state index contributed by atoms with van der Waals surface area (Å²) < 4.78 is 10.3. The third-order valence-corrected chi connectivity index (χ3v) is 3.99. The van der Waals surface area contributed by atoms with Crippen molar-refractivity contribution in [2.24, 2.45) is 5.92 Å². The number of hydrogen-bond acceptors (Lipinski definition) is 5. The van der Waals surface area contributed by atoms with E-state index in [-0.39, 0.29) is 11.8 Å². The minimum absolute atomic E-state index is 0.0479. The summed E-state index contributed by atoms with van der Waals surface area (Å²) in [5.74, 6) is 0.718. The highest BCUT2D eigenvalue weighted by atomic mass is 16.6. The quantitative estimate of drug-likeness (QED) is 0.916. The van der Waals surface area contributed by atoms with Crippen LogP contribution in [-0.2, 0) is 4.74 Å². The maximum atomic E-state index is 12.7. The molecular formula is C17H27N3O4. The highest BCUT2D eigenvalue weighted by Gasteiger charge is 2.28. The van der Waals surface area contributed by atoms with Crippen molar-refractivity contribution in [3.05, 3.63) is 17.0 Å². The summed E-state index contributed by atoms with van der Waals surface area (Å²) in [5.41, 5.74) is 0.657. The van der Waals surface area contributed by atoms with Gasteiger partial charge in [-0.3, -0.25) is 4.79 Å². The molecule has 2 amide bonds. The van der Waals surface area contributed by atoms with Crippen LogP contribution < -0.4 is 5.32 Å². The van der Waals surface area contributed by atoms with E-state index in [1.54, 1.807) is 13.8 Å². The fourth-order valence-electron chi connectivity index (χ4n) is 2.90. The standard InChI is InChI=1S/C17H27N3O4/c1-11-14(12(2)24-19-11)15(21)20-8-6-7-13(10-20)9-18-16(22)23-17(3,4)5/h13H,6-10H2,1-5H3,(H,18,22)/t13-/m0/s1. The summed E-state index contributed by atoms with van der Waals surface area (Å²) in [6.45, 7) is 10.8. The number of ether oxygens (including phenoxy) is 1. The molecule has 0 unspecified atom stereocenters. The van der Waals surface area contributed by atoms with Crippen molar-refractivity contribution in [3.63, 3.8) is 0 Å². The van der Waals surface area contributed by atoms with Gasteiger partial charge in [0.05, 0.1) is 5.69 Å². The molecule has 1 fully saturated rings. The Hall–Kier alpha value is -2.05. The van der Waals surface area contributed by atoms with Gasteiger partial charge in [-0.05, 0) is 53.4 Å². The summed E-state index contributed by atoms with van der Waals surface area (Å²) in [7, 11) is 0. The summed E-state index contributed by atoms with van der Waals surface area (Å²) in [4.78, 5) is 26.3. The molecule has 0 bridgehead atoms. The minimum Gasteiger partial charge on any atom is -0.444 e. The molecule has 1 aliphatic rings. The number of hydrogen-bond donors (Lipinski definition) is 1. The first-order chi connectivity index (χ1) is 11.2. The lowest BCUT2D eigenvalue weighted by atomic mass is 9.97. The molecule has 1 atom stereocenters. The van der Waals surface area contributed by atoms with Crippen molar-refractivity contribution in [1.82, 2.24) is 15.4 Å². The lowest BCUT2D eigenvalue weighted by Gasteiger charge is -2.33. The van der Waals surface area contributed by atoms with E-state index in [9.17, 15) is 9.59 Å². The van der Waals surface area contributed by atoms with Crippen molar-refractivity contribution < 1.29 is 18.8 Å². The SMILES string of the molecule is Cc1noc(C)c1C(=O)N1CCC[C@@H](CNC(=O)OC(C)(C)C)C1. The van der Waals surface area contributed by atoms with Crippen LogP contribution in [0.2, 0.25) is 0 Å². The van der Waals surface area contributed by atoms with Crippen LogP contribution in [0.1, 0.15) is 55.4 Å². The molecule has 2 rings (SSSR count). The molecule has 2 heterocycles. The Morgan fingerprint density at radius 1 is 1.38 bits per heavy atom. The lowest BCUT2D eigenvalue weighted by Crippen LogP contribution is -2.44. The first-order valence-corrected chi connectivity index (χ1v) is 8.36. The Labute approximate surface area is 142 Å². The molecular weight excluding hydrogens is 310 g/mol. The van der Waals surface area contributed by atoms with E-state index < -0.39 is 11.7 Å². The molecule has 7 nitrogen and oxygen atoms in total. The van der Waals surface area contributed by atoms with Crippen LogP contribution in [0.4, 0.5) is 4.79 Å². The van der Waals surface area contributed by atoms with Crippen molar-refractivity contribution in [2.75, 3.05) is 19.6 Å². The number of likely N-dealkylation sites (tertiary alicyclic amines) is 1. The normalized spacial score (nSPS) is 18.4. The number of aryl methyl sites for hydroxylation is 2. The second kappa shape index (κ2) is 7.23. The summed E-state index contributed by atoms with van der Waals surface area (Å²) >= 11 is 0. The zero-order valence-electron chi connectivity index (χ0n) is 15.1. The Kier molecular flexibility index (Phi) is 5.51. The molecule has 0 saturated carbocycles. The number of aromatic nitrogens is 1. The molecule has 0 aromatic carbocycles. The maximum Gasteiger partial charge on any atom is 0.407 e. The average molecular weight is 337 g/mol. The van der Waals surface area contributed by atoms with Gasteiger partial charge in [0, 0.05) is 19.6 Å². The van der Waals surface area contributed by atoms with E-state index >= 15 is 0 Å². The van der Waals surface area contributed by atoms with Crippen molar-refractivity contribution in [3.8, 4) is 0 Å². The number of rotatable bonds is 3. The van der Waals surface area contributed by atoms with E-state index in [1.807, 2.05) is 25.7 Å². The van der Waals surface area contributed by atoms with Gasteiger partial charge in [-0.15, -0.1) is 0 Å². The van der Waals surface area contributed by atoms with Crippen LogP contribution in [0.25, 0.3) is 0 Å². The topological polar surface area (TPSA) is 84.7 Å². The zero-order valence-corrected chi connectivity index (χ0v) is 15.1. The van der Waals surface area contributed by atoms with Crippen molar-refractivity contribution >= 4 is 12.0 Å². The van der Waals surface area contributed by atoms with Gasteiger partial charge < -0.3 is 19.5 Å². The summed E-state index contributed by atoms with van der Waals surface area (Å²) in [6.07, 6.45) is 1.47. The number of alkyl carbamates (subject to hydrolysis) is 1. The zero-order chi connectivity index (χ0) is 17.9. The fourth-order valence-corrected chi connectivity index (χ4v) is 2.90. The molecule has 0 spiro atoms. The smallest absolute Gasteiger partial charge is 0.407 e. The largest absolute Gasteiger partial charge is 0.444 e. The van der Waals surface area contributed by atoms with Crippen LogP contribution in [0, 0.1) is 19.8 Å². The Morgan fingerprint density at radius 2 is 2.08 bits per heavy atom. The van der Waals surface area contributed by atoms with Crippen LogP contribution >= 0.6 is 0 Å². The van der Waals surface area contributed by atoms with Crippen molar-refractivity contribution in [1.29, 1.82) is 0 Å². The Morgan fingerprint density at radius 3 is 2.67 bits per heavy atom. The average Bonchev–Trinajstić information content (AvgIpc) is 2.82. The molecule has 1 saturated heterocycles. The lowest BCUT2D eigenvalue weighted by molar-refractivity contribution is 0.0502. The Balaban J connectivity index is 1.90.